The van der Waals surface area contributed by atoms with Crippen molar-refractivity contribution in [3.8, 4) is 0 Å². The molecular weight excluding hydrogens is 416 g/mol. The molecule has 0 spiro atoms. The molecular formula is C20H21F2N3O4S. The zero-order chi connectivity index (χ0) is 21.9. The number of nitrogens with one attached hydrogen (secondary N) is 1. The highest BCUT2D eigenvalue weighted by atomic mass is 32.2. The fourth-order valence-electron chi connectivity index (χ4n) is 3.09. The molecule has 2 aromatic carbocycles. The van der Waals surface area contributed by atoms with E-state index in [2.05, 4.69) is 5.32 Å². The number of nitrogens with zero attached hydrogens (tertiary/aromatic N) is 2. The molecule has 160 valence electrons. The van der Waals surface area contributed by atoms with Gasteiger partial charge in [0.2, 0.25) is 15.9 Å². The van der Waals surface area contributed by atoms with Crippen LogP contribution in [0, 0.1) is 18.6 Å². The molecule has 1 heterocycles. The third kappa shape index (κ3) is 5.00. The van der Waals surface area contributed by atoms with Gasteiger partial charge in [-0.2, -0.15) is 4.31 Å². The van der Waals surface area contributed by atoms with Gasteiger partial charge in [0, 0.05) is 37.8 Å². The number of halogens is 2. The van der Waals surface area contributed by atoms with Gasteiger partial charge in [0.25, 0.3) is 5.91 Å². The van der Waals surface area contributed by atoms with Crippen molar-refractivity contribution in [1.29, 1.82) is 0 Å². The number of piperazine rings is 1. The maximum atomic E-state index is 13.2. The van der Waals surface area contributed by atoms with Crippen molar-refractivity contribution in [2.24, 2.45) is 0 Å². The molecule has 1 aliphatic rings. The predicted octanol–water partition coefficient (Wildman–Crippen LogP) is 1.54. The summed E-state index contributed by atoms with van der Waals surface area (Å²) < 4.78 is 53.1. The van der Waals surface area contributed by atoms with Gasteiger partial charge in [-0.1, -0.05) is 17.7 Å². The molecule has 0 aliphatic carbocycles. The number of benzene rings is 2. The fraction of sp³-hybridized carbons (Fsp3) is 0.300. The third-order valence-electron chi connectivity index (χ3n) is 4.78. The summed E-state index contributed by atoms with van der Waals surface area (Å²) in [7, 11) is -3.64. The highest BCUT2D eigenvalue weighted by molar-refractivity contribution is 7.89. The largest absolute Gasteiger partial charge is 0.343 e. The molecule has 1 N–H and O–H groups in total. The van der Waals surface area contributed by atoms with Crippen molar-refractivity contribution < 1.29 is 26.8 Å². The molecule has 1 fully saturated rings. The van der Waals surface area contributed by atoms with Gasteiger partial charge in [-0.25, -0.2) is 17.2 Å². The summed E-state index contributed by atoms with van der Waals surface area (Å²) in [6.45, 7) is 2.12. The molecule has 3 rings (SSSR count). The predicted molar refractivity (Wildman–Crippen MR) is 105 cm³/mol. The van der Waals surface area contributed by atoms with E-state index in [0.717, 1.165) is 17.7 Å². The monoisotopic (exact) mass is 437 g/mol. The minimum absolute atomic E-state index is 0.130. The van der Waals surface area contributed by atoms with Crippen LogP contribution in [0.2, 0.25) is 0 Å². The van der Waals surface area contributed by atoms with Gasteiger partial charge < -0.3 is 10.2 Å². The van der Waals surface area contributed by atoms with Crippen LogP contribution in [0.5, 0.6) is 0 Å². The van der Waals surface area contributed by atoms with Crippen molar-refractivity contribution in [3.63, 3.8) is 0 Å². The van der Waals surface area contributed by atoms with Crippen molar-refractivity contribution in [3.05, 3.63) is 65.2 Å². The summed E-state index contributed by atoms with van der Waals surface area (Å²) in [5, 5.41) is 2.33. The third-order valence-corrected chi connectivity index (χ3v) is 6.69. The van der Waals surface area contributed by atoms with E-state index in [1.54, 1.807) is 24.3 Å². The molecule has 0 atom stereocenters. The van der Waals surface area contributed by atoms with Gasteiger partial charge in [-0.3, -0.25) is 9.59 Å². The molecule has 7 nitrogen and oxygen atoms in total. The van der Waals surface area contributed by atoms with Crippen LogP contribution in [0.3, 0.4) is 0 Å². The van der Waals surface area contributed by atoms with Crippen molar-refractivity contribution >= 4 is 21.8 Å². The average molecular weight is 437 g/mol. The molecule has 0 bridgehead atoms. The van der Waals surface area contributed by atoms with Crippen LogP contribution < -0.4 is 5.32 Å². The van der Waals surface area contributed by atoms with E-state index in [-0.39, 0.29) is 43.2 Å². The van der Waals surface area contributed by atoms with Crippen molar-refractivity contribution in [2.45, 2.75) is 11.8 Å². The number of aryl methyl sites for hydroxylation is 1. The minimum Gasteiger partial charge on any atom is -0.343 e. The molecule has 0 saturated carbocycles. The lowest BCUT2D eigenvalue weighted by molar-refractivity contribution is -0.131. The van der Waals surface area contributed by atoms with Crippen molar-refractivity contribution in [2.75, 3.05) is 32.7 Å². The Kier molecular flexibility index (Phi) is 6.47. The summed E-state index contributed by atoms with van der Waals surface area (Å²) >= 11 is 0. The first-order chi connectivity index (χ1) is 14.2. The van der Waals surface area contributed by atoms with Crippen LogP contribution in [-0.4, -0.2) is 62.2 Å². The Morgan fingerprint density at radius 1 is 0.967 bits per heavy atom. The maximum Gasteiger partial charge on any atom is 0.251 e. The smallest absolute Gasteiger partial charge is 0.251 e. The van der Waals surface area contributed by atoms with E-state index in [4.69, 9.17) is 0 Å². The summed E-state index contributed by atoms with van der Waals surface area (Å²) in [4.78, 5) is 26.0. The molecule has 30 heavy (non-hydrogen) atoms. The highest BCUT2D eigenvalue weighted by Crippen LogP contribution is 2.18. The zero-order valence-electron chi connectivity index (χ0n) is 16.3. The van der Waals surface area contributed by atoms with Gasteiger partial charge in [0.1, 0.15) is 11.6 Å². The van der Waals surface area contributed by atoms with E-state index in [1.165, 1.54) is 9.21 Å². The lowest BCUT2D eigenvalue weighted by Crippen LogP contribution is -2.52. The molecule has 1 saturated heterocycles. The number of hydrogen-bond donors (Lipinski definition) is 1. The summed E-state index contributed by atoms with van der Waals surface area (Å²) in [6, 6.07) is 8.93. The lowest BCUT2D eigenvalue weighted by atomic mass is 10.2. The Morgan fingerprint density at radius 3 is 2.10 bits per heavy atom. The second-order valence-electron chi connectivity index (χ2n) is 6.94. The van der Waals surface area contributed by atoms with E-state index in [0.29, 0.717) is 6.07 Å². The topological polar surface area (TPSA) is 86.8 Å². The number of rotatable bonds is 5. The number of amides is 2. The lowest BCUT2D eigenvalue weighted by Gasteiger charge is -2.34. The Hall–Kier alpha value is -2.85. The maximum absolute atomic E-state index is 13.2. The Balaban J connectivity index is 1.54. The van der Waals surface area contributed by atoms with Gasteiger partial charge >= 0.3 is 0 Å². The van der Waals surface area contributed by atoms with Crippen LogP contribution in [0.25, 0.3) is 0 Å². The Labute approximate surface area is 173 Å². The molecule has 0 radical (unpaired) electrons. The van der Waals surface area contributed by atoms with Crippen LogP contribution >= 0.6 is 0 Å². The number of hydrogen-bond acceptors (Lipinski definition) is 4. The zero-order valence-corrected chi connectivity index (χ0v) is 17.1. The molecule has 2 aromatic rings. The van der Waals surface area contributed by atoms with E-state index in [9.17, 15) is 26.8 Å². The molecule has 0 aromatic heterocycles. The molecule has 10 heteroatoms. The normalized spacial score (nSPS) is 15.1. The van der Waals surface area contributed by atoms with Crippen LogP contribution in [0.15, 0.2) is 47.4 Å². The van der Waals surface area contributed by atoms with Crippen LogP contribution in [0.4, 0.5) is 8.78 Å². The molecule has 0 unspecified atom stereocenters. The first-order valence-corrected chi connectivity index (χ1v) is 10.7. The number of sulfonamides is 1. The van der Waals surface area contributed by atoms with Gasteiger partial charge in [-0.15, -0.1) is 0 Å². The summed E-state index contributed by atoms with van der Waals surface area (Å²) in [6.07, 6.45) is 0. The standard InChI is InChI=1S/C20H21F2N3O4S/c1-14-2-4-18(5-3-14)30(28,29)25-8-6-24(7-9-25)19(26)13-23-20(27)15-10-16(21)12-17(22)11-15/h2-5,10-12H,6-9,13H2,1H3,(H,23,27). The second-order valence-corrected chi connectivity index (χ2v) is 8.88. The highest BCUT2D eigenvalue weighted by Gasteiger charge is 2.30. The average Bonchev–Trinajstić information content (AvgIpc) is 2.71. The first-order valence-electron chi connectivity index (χ1n) is 9.26. The van der Waals surface area contributed by atoms with E-state index >= 15 is 0 Å². The number of carbonyl (C=O) groups excluding carboxylic acids is 2. The fourth-order valence-corrected chi connectivity index (χ4v) is 4.51. The van der Waals surface area contributed by atoms with Crippen LogP contribution in [0.1, 0.15) is 15.9 Å². The summed E-state index contributed by atoms with van der Waals surface area (Å²) in [5.74, 6) is -2.97. The Morgan fingerprint density at radius 2 is 1.53 bits per heavy atom. The van der Waals surface area contributed by atoms with E-state index in [1.807, 2.05) is 6.92 Å². The minimum atomic E-state index is -3.64. The van der Waals surface area contributed by atoms with E-state index < -0.39 is 33.5 Å². The van der Waals surface area contributed by atoms with Gasteiger partial charge in [-0.05, 0) is 31.2 Å². The SMILES string of the molecule is Cc1ccc(S(=O)(=O)N2CCN(C(=O)CNC(=O)c3cc(F)cc(F)c3)CC2)cc1. The van der Waals surface area contributed by atoms with Gasteiger partial charge in [0.15, 0.2) is 0 Å². The number of carbonyl (C=O) groups is 2. The second kappa shape index (κ2) is 8.88. The Bertz CT molecular complexity index is 1030. The first kappa shape index (κ1) is 21.8. The molecule has 1 aliphatic heterocycles. The van der Waals surface area contributed by atoms with Gasteiger partial charge in [0.05, 0.1) is 11.4 Å². The quantitative estimate of drug-likeness (QED) is 0.769. The van der Waals surface area contributed by atoms with Crippen LogP contribution in [-0.2, 0) is 14.8 Å². The molecule has 2 amide bonds. The summed E-state index contributed by atoms with van der Waals surface area (Å²) in [5.41, 5.74) is 0.724. The van der Waals surface area contributed by atoms with Crippen molar-refractivity contribution in [1.82, 2.24) is 14.5 Å².